The maximum atomic E-state index is 12.9. The molecule has 274 valence electrons. The van der Waals surface area contributed by atoms with Gasteiger partial charge in [-0.25, -0.2) is 28.1 Å². The molecule has 0 fully saturated rings. The number of hydrogen-bond acceptors (Lipinski definition) is 10. The van der Waals surface area contributed by atoms with Gasteiger partial charge in [0.1, 0.15) is 0 Å². The first-order valence-electron chi connectivity index (χ1n) is 15.9. The van der Waals surface area contributed by atoms with E-state index >= 15 is 0 Å². The van der Waals surface area contributed by atoms with Gasteiger partial charge < -0.3 is 39.9 Å². The number of sulfonamides is 1. The van der Waals surface area contributed by atoms with E-state index in [9.17, 15) is 27.6 Å². The van der Waals surface area contributed by atoms with Gasteiger partial charge in [0, 0.05) is 77.0 Å². The fraction of sp³-hybridized carbons (Fsp3) is 0.387. The number of imidazole rings is 3. The molecule has 4 aromatic rings. The summed E-state index contributed by atoms with van der Waals surface area (Å²) in [6.07, 6.45) is 7.41. The molecule has 4 rings (SSSR count). The number of aromatic nitrogens is 6. The predicted molar refractivity (Wildman–Crippen MR) is 189 cm³/mol. The van der Waals surface area contributed by atoms with Gasteiger partial charge in [-0.2, -0.15) is 0 Å². The van der Waals surface area contributed by atoms with Gasteiger partial charge in [0.2, 0.25) is 27.6 Å². The second-order valence-corrected chi connectivity index (χ2v) is 13.8. The van der Waals surface area contributed by atoms with Crippen LogP contribution in [0, 0.1) is 0 Å². The molecule has 0 aliphatic carbocycles. The fourth-order valence-corrected chi connectivity index (χ4v) is 6.00. The van der Waals surface area contributed by atoms with Crippen LogP contribution in [0.2, 0.25) is 5.02 Å². The molecule has 18 nitrogen and oxygen atoms in total. The molecule has 1 aromatic carbocycles. The van der Waals surface area contributed by atoms with E-state index in [-0.39, 0.29) is 59.4 Å². The first-order valence-corrected chi connectivity index (χ1v) is 17.7. The van der Waals surface area contributed by atoms with Crippen molar-refractivity contribution in [3.05, 3.63) is 71.5 Å². The quantitative estimate of drug-likeness (QED) is 0.0910. The van der Waals surface area contributed by atoms with Crippen molar-refractivity contribution in [2.75, 3.05) is 50.4 Å². The van der Waals surface area contributed by atoms with Crippen molar-refractivity contribution in [3.63, 3.8) is 0 Å². The Morgan fingerprint density at radius 2 is 1.33 bits per heavy atom. The zero-order valence-electron chi connectivity index (χ0n) is 28.6. The third-order valence-corrected chi connectivity index (χ3v) is 9.20. The standard InChI is InChI=1S/C31H41ClN12O6S/c1-41(17-6-13-36-51(49,50)22-9-7-21(32)8-10-22)16-5-12-33-25(45)11-14-35-29(46)27-37-23(19-43(27)3)40-31(48)28-38-24(20-44(28)4)39-30(47)26-34-15-18-42(26)2/h7-10,15,18-20,36H,5-6,11-14,16-17H2,1-4H3,(H,33,45)(H,35,46)(H,39,47)(H,40,48). The third kappa shape index (κ3) is 11.2. The molecule has 0 spiro atoms. The molecule has 0 saturated heterocycles. The van der Waals surface area contributed by atoms with Gasteiger partial charge in [0.25, 0.3) is 17.7 Å². The van der Waals surface area contributed by atoms with Crippen molar-refractivity contribution < 1.29 is 27.6 Å². The number of rotatable bonds is 18. The van der Waals surface area contributed by atoms with Gasteiger partial charge in [-0.15, -0.1) is 0 Å². The van der Waals surface area contributed by atoms with Crippen LogP contribution in [-0.2, 0) is 36.0 Å². The largest absolute Gasteiger partial charge is 0.356 e. The van der Waals surface area contributed by atoms with Gasteiger partial charge in [-0.1, -0.05) is 11.6 Å². The summed E-state index contributed by atoms with van der Waals surface area (Å²) in [6.45, 7) is 2.16. The number of nitrogens with zero attached hydrogens (tertiary/aromatic N) is 7. The molecule has 4 amide bonds. The maximum absolute atomic E-state index is 12.9. The van der Waals surface area contributed by atoms with Gasteiger partial charge >= 0.3 is 0 Å². The molecule has 0 unspecified atom stereocenters. The second-order valence-electron chi connectivity index (χ2n) is 11.6. The lowest BCUT2D eigenvalue weighted by Gasteiger charge is -2.17. The number of carbonyl (C=O) groups excluding carboxylic acids is 4. The number of hydrogen-bond donors (Lipinski definition) is 5. The smallest absolute Gasteiger partial charge is 0.292 e. The number of anilines is 2. The molecule has 20 heteroatoms. The molecular formula is C31H41ClN12O6S. The number of amides is 4. The first kappa shape index (κ1) is 38.7. The van der Waals surface area contributed by atoms with Crippen molar-refractivity contribution in [1.29, 1.82) is 0 Å². The second kappa shape index (κ2) is 17.7. The van der Waals surface area contributed by atoms with E-state index in [1.807, 2.05) is 11.9 Å². The Hall–Kier alpha value is -5.11. The molecule has 3 aromatic heterocycles. The Balaban J connectivity index is 1.11. The zero-order valence-corrected chi connectivity index (χ0v) is 30.2. The average Bonchev–Trinajstić information content (AvgIpc) is 3.78. The van der Waals surface area contributed by atoms with Crippen molar-refractivity contribution >= 4 is 56.9 Å². The molecule has 0 bridgehead atoms. The minimum absolute atomic E-state index is 0.00409. The molecule has 5 N–H and O–H groups in total. The van der Waals surface area contributed by atoms with Gasteiger partial charge in [0.15, 0.2) is 17.5 Å². The van der Waals surface area contributed by atoms with Gasteiger partial charge in [-0.3, -0.25) is 19.2 Å². The summed E-state index contributed by atoms with van der Waals surface area (Å²) in [5.74, 6) is -1.40. The summed E-state index contributed by atoms with van der Waals surface area (Å²) in [5.41, 5.74) is 0. The third-order valence-electron chi connectivity index (χ3n) is 7.48. The van der Waals surface area contributed by atoms with E-state index in [0.717, 1.165) is 0 Å². The minimum atomic E-state index is -3.59. The van der Waals surface area contributed by atoms with Crippen LogP contribution in [0.25, 0.3) is 0 Å². The van der Waals surface area contributed by atoms with E-state index < -0.39 is 27.7 Å². The highest BCUT2D eigenvalue weighted by molar-refractivity contribution is 7.89. The molecular weight excluding hydrogens is 704 g/mol. The van der Waals surface area contributed by atoms with Gasteiger partial charge in [-0.05, 0) is 57.2 Å². The van der Waals surface area contributed by atoms with Crippen LogP contribution in [0.5, 0.6) is 0 Å². The van der Waals surface area contributed by atoms with Crippen LogP contribution in [0.3, 0.4) is 0 Å². The Labute approximate surface area is 300 Å². The molecule has 51 heavy (non-hydrogen) atoms. The van der Waals surface area contributed by atoms with Crippen LogP contribution in [-0.4, -0.2) is 105 Å². The monoisotopic (exact) mass is 744 g/mol. The summed E-state index contributed by atoms with van der Waals surface area (Å²) in [4.78, 5) is 64.9. The predicted octanol–water partition coefficient (Wildman–Crippen LogP) is 0.972. The highest BCUT2D eigenvalue weighted by atomic mass is 35.5. The summed E-state index contributed by atoms with van der Waals surface area (Å²) in [7, 11) is 3.18. The molecule has 0 atom stereocenters. The summed E-state index contributed by atoms with van der Waals surface area (Å²) in [6, 6.07) is 5.96. The lowest BCUT2D eigenvalue weighted by molar-refractivity contribution is -0.120. The van der Waals surface area contributed by atoms with Crippen molar-refractivity contribution in [2.45, 2.75) is 24.2 Å². The summed E-state index contributed by atoms with van der Waals surface area (Å²) in [5, 5.41) is 11.1. The van der Waals surface area contributed by atoms with Crippen molar-refractivity contribution in [2.24, 2.45) is 21.1 Å². The number of benzene rings is 1. The van der Waals surface area contributed by atoms with E-state index in [1.165, 1.54) is 52.0 Å². The highest BCUT2D eigenvalue weighted by Gasteiger charge is 2.20. The van der Waals surface area contributed by atoms with Crippen LogP contribution >= 0.6 is 11.6 Å². The summed E-state index contributed by atoms with van der Waals surface area (Å²) >= 11 is 5.82. The molecule has 0 saturated carbocycles. The zero-order chi connectivity index (χ0) is 37.1. The Morgan fingerprint density at radius 3 is 1.92 bits per heavy atom. The lowest BCUT2D eigenvalue weighted by Crippen LogP contribution is -2.33. The highest BCUT2D eigenvalue weighted by Crippen LogP contribution is 2.14. The Morgan fingerprint density at radius 1 is 0.765 bits per heavy atom. The van der Waals surface area contributed by atoms with Crippen LogP contribution in [0.1, 0.15) is 51.1 Å². The van der Waals surface area contributed by atoms with Gasteiger partial charge in [0.05, 0.1) is 4.90 Å². The van der Waals surface area contributed by atoms with E-state index in [1.54, 1.807) is 31.9 Å². The normalized spacial score (nSPS) is 11.4. The number of carbonyl (C=O) groups is 4. The van der Waals surface area contributed by atoms with Crippen LogP contribution in [0.4, 0.5) is 11.6 Å². The first-order chi connectivity index (χ1) is 24.2. The summed E-state index contributed by atoms with van der Waals surface area (Å²) < 4.78 is 31.7. The van der Waals surface area contributed by atoms with Crippen LogP contribution < -0.4 is 26.0 Å². The SMILES string of the molecule is CN(CCCNC(=O)CCNC(=O)c1nc(NC(=O)c2nc(NC(=O)c3nccn3C)cn2C)cn1C)CCCNS(=O)(=O)c1ccc(Cl)cc1. The minimum Gasteiger partial charge on any atom is -0.356 e. The van der Waals surface area contributed by atoms with Crippen molar-refractivity contribution in [3.8, 4) is 0 Å². The maximum Gasteiger partial charge on any atom is 0.292 e. The number of aryl methyl sites for hydroxylation is 3. The Bertz CT molecular complexity index is 1950. The van der Waals surface area contributed by atoms with Crippen molar-refractivity contribution in [1.82, 2.24) is 48.9 Å². The van der Waals surface area contributed by atoms with E-state index in [4.69, 9.17) is 11.6 Å². The topological polar surface area (TPSA) is 219 Å². The molecule has 0 radical (unpaired) electrons. The van der Waals surface area contributed by atoms with Crippen LogP contribution in [0.15, 0.2) is 53.9 Å². The number of nitrogens with one attached hydrogen (secondary N) is 5. The molecule has 3 heterocycles. The fourth-order valence-electron chi connectivity index (χ4n) is 4.80. The van der Waals surface area contributed by atoms with E-state index in [0.29, 0.717) is 37.5 Å². The number of halogens is 1. The molecule has 0 aliphatic rings. The average molecular weight is 745 g/mol. The van der Waals surface area contributed by atoms with E-state index in [2.05, 4.69) is 40.9 Å². The lowest BCUT2D eigenvalue weighted by atomic mass is 10.3. The molecule has 0 aliphatic heterocycles. The Kier molecular flexibility index (Phi) is 13.4.